The van der Waals surface area contributed by atoms with Crippen molar-refractivity contribution in [1.29, 1.82) is 0 Å². The second-order valence-electron chi connectivity index (χ2n) is 20.0. The van der Waals surface area contributed by atoms with Crippen molar-refractivity contribution < 1.29 is 0 Å². The van der Waals surface area contributed by atoms with Crippen LogP contribution in [0.15, 0.2) is 200 Å². The Hall–Kier alpha value is -6.96. The average molecular weight is 840 g/mol. The van der Waals surface area contributed by atoms with Crippen LogP contribution in [0.4, 0.5) is 11.4 Å². The molecule has 65 heavy (non-hydrogen) atoms. The fraction of sp³-hybridized carbons (Fsp3) is 0.188. The molecule has 0 heterocycles. The molecule has 8 aromatic rings. The highest BCUT2D eigenvalue weighted by atomic mass is 15.2. The Bertz CT molecular complexity index is 3230. The summed E-state index contributed by atoms with van der Waals surface area (Å²) >= 11 is 0. The molecule has 3 aliphatic carbocycles. The van der Waals surface area contributed by atoms with E-state index >= 15 is 0 Å². The molecule has 0 aromatic heterocycles. The van der Waals surface area contributed by atoms with E-state index in [1.54, 1.807) is 0 Å². The van der Waals surface area contributed by atoms with Crippen LogP contribution < -0.4 is 4.90 Å². The zero-order chi connectivity index (χ0) is 44.8. The fourth-order valence-corrected chi connectivity index (χ4v) is 12.0. The first-order valence-corrected chi connectivity index (χ1v) is 23.5. The molecule has 1 nitrogen and oxygen atoms in total. The van der Waals surface area contributed by atoms with Crippen LogP contribution in [0.2, 0.25) is 0 Å². The molecule has 0 fully saturated rings. The van der Waals surface area contributed by atoms with Gasteiger partial charge in [-0.15, -0.1) is 0 Å². The molecule has 0 radical (unpaired) electrons. The zero-order valence-corrected chi connectivity index (χ0v) is 39.0. The standard InChI is InChI=1S/C64H57N/c1-9-48-50-31-19-20-33-55(50)62(3,4)57(48)35-41(2)65(46-28-17-12-18-29-46)47-30-21-27-44(36-47)49-32-22-34-56-60(49)54-40-58-52(39-59(54)63(56,5)6)53-38-45(42-23-13-10-14-24-42)37-51(61(53)64(58,7)8)43-25-15-11-16-26-43/h9-41H,1-8H3/b48-9?,57-35+. The van der Waals surface area contributed by atoms with Crippen LogP contribution in [0, 0.1) is 0 Å². The van der Waals surface area contributed by atoms with Gasteiger partial charge in [0.25, 0.3) is 0 Å². The lowest BCUT2D eigenvalue weighted by Gasteiger charge is -2.32. The average Bonchev–Trinajstić information content (AvgIpc) is 3.80. The molecule has 1 heteroatoms. The number of rotatable bonds is 7. The largest absolute Gasteiger partial charge is 0.335 e. The van der Waals surface area contributed by atoms with E-state index in [1.807, 2.05) is 0 Å². The first-order chi connectivity index (χ1) is 31.4. The van der Waals surface area contributed by atoms with Crippen LogP contribution in [0.5, 0.6) is 0 Å². The number of benzene rings is 8. The highest BCUT2D eigenvalue weighted by Crippen LogP contribution is 2.60. The van der Waals surface area contributed by atoms with Gasteiger partial charge in [-0.2, -0.15) is 0 Å². The Morgan fingerprint density at radius 2 is 0.954 bits per heavy atom. The van der Waals surface area contributed by atoms with Crippen molar-refractivity contribution in [3.63, 3.8) is 0 Å². The minimum atomic E-state index is -0.217. The van der Waals surface area contributed by atoms with Gasteiger partial charge >= 0.3 is 0 Å². The Morgan fingerprint density at radius 1 is 0.400 bits per heavy atom. The lowest BCUT2D eigenvalue weighted by atomic mass is 9.77. The molecule has 0 saturated heterocycles. The molecule has 0 N–H and O–H groups in total. The van der Waals surface area contributed by atoms with E-state index in [4.69, 9.17) is 0 Å². The minimum Gasteiger partial charge on any atom is -0.335 e. The molecule has 11 rings (SSSR count). The molecule has 0 spiro atoms. The molecular formula is C64H57N. The first kappa shape index (κ1) is 40.8. The molecule has 8 aromatic carbocycles. The van der Waals surface area contributed by atoms with Gasteiger partial charge in [-0.1, -0.05) is 187 Å². The first-order valence-electron chi connectivity index (χ1n) is 23.5. The van der Waals surface area contributed by atoms with Crippen LogP contribution in [0.25, 0.3) is 61.2 Å². The van der Waals surface area contributed by atoms with E-state index in [0.29, 0.717) is 0 Å². The number of para-hydroxylation sites is 1. The minimum absolute atomic E-state index is 0.0713. The molecule has 0 saturated carbocycles. The van der Waals surface area contributed by atoms with Gasteiger partial charge in [-0.25, -0.2) is 0 Å². The summed E-state index contributed by atoms with van der Waals surface area (Å²) in [6.07, 6.45) is 4.81. The van der Waals surface area contributed by atoms with E-state index in [0.717, 1.165) is 0 Å². The van der Waals surface area contributed by atoms with Crippen molar-refractivity contribution in [3.8, 4) is 55.6 Å². The highest BCUT2D eigenvalue weighted by molar-refractivity contribution is 5.99. The lowest BCUT2D eigenvalue weighted by molar-refractivity contribution is 0.652. The van der Waals surface area contributed by atoms with Crippen molar-refractivity contribution >= 4 is 16.9 Å². The molecule has 1 unspecified atom stereocenters. The lowest BCUT2D eigenvalue weighted by Crippen LogP contribution is -2.28. The quantitative estimate of drug-likeness (QED) is 0.155. The van der Waals surface area contributed by atoms with Gasteiger partial charge in [0, 0.05) is 33.7 Å². The maximum atomic E-state index is 2.58. The van der Waals surface area contributed by atoms with Crippen molar-refractivity contribution in [2.75, 3.05) is 4.90 Å². The van der Waals surface area contributed by atoms with Crippen molar-refractivity contribution in [3.05, 3.63) is 233 Å². The van der Waals surface area contributed by atoms with Crippen molar-refractivity contribution in [1.82, 2.24) is 0 Å². The number of hydrogen-bond donors (Lipinski definition) is 0. The van der Waals surface area contributed by atoms with Crippen molar-refractivity contribution in [2.24, 2.45) is 0 Å². The Balaban J connectivity index is 1.05. The molecule has 1 atom stereocenters. The second-order valence-corrected chi connectivity index (χ2v) is 20.0. The topological polar surface area (TPSA) is 3.24 Å². The van der Waals surface area contributed by atoms with E-state index in [1.165, 1.54) is 112 Å². The number of fused-ring (bicyclic) bond motifs is 7. The van der Waals surface area contributed by atoms with Crippen LogP contribution in [0.1, 0.15) is 88.8 Å². The van der Waals surface area contributed by atoms with Crippen LogP contribution >= 0.6 is 0 Å². The number of anilines is 2. The SMILES string of the molecule is CC=C1/C(=C\C(C)N(c2ccccc2)c2cccc(-c3cccc4c3-c3cc5c(cc3C4(C)C)-c3cc(-c4ccccc4)cc(-c4ccccc4)c3C5(C)C)c2)C(C)(C)c2ccccc21. The van der Waals surface area contributed by atoms with Gasteiger partial charge in [0.2, 0.25) is 0 Å². The summed E-state index contributed by atoms with van der Waals surface area (Å²) in [4.78, 5) is 2.52. The maximum absolute atomic E-state index is 2.58. The summed E-state index contributed by atoms with van der Waals surface area (Å²) in [6.45, 7) is 19.0. The monoisotopic (exact) mass is 839 g/mol. The smallest absolute Gasteiger partial charge is 0.0500 e. The fourth-order valence-electron chi connectivity index (χ4n) is 12.0. The number of hydrogen-bond acceptors (Lipinski definition) is 1. The predicted molar refractivity (Wildman–Crippen MR) is 277 cm³/mol. The summed E-state index contributed by atoms with van der Waals surface area (Å²) in [5.41, 5.74) is 25.9. The molecule has 0 aliphatic heterocycles. The Morgan fingerprint density at radius 3 is 1.68 bits per heavy atom. The van der Waals surface area contributed by atoms with E-state index in [2.05, 4.69) is 254 Å². The summed E-state index contributed by atoms with van der Waals surface area (Å²) < 4.78 is 0. The third-order valence-electron chi connectivity index (χ3n) is 15.2. The van der Waals surface area contributed by atoms with E-state index in [-0.39, 0.29) is 22.3 Å². The Kier molecular flexibility index (Phi) is 9.45. The number of nitrogens with zero attached hydrogens (tertiary/aromatic N) is 1. The summed E-state index contributed by atoms with van der Waals surface area (Å²) in [7, 11) is 0. The third kappa shape index (κ3) is 6.27. The third-order valence-corrected chi connectivity index (χ3v) is 15.2. The van der Waals surface area contributed by atoms with Gasteiger partial charge in [0.15, 0.2) is 0 Å². The molecule has 0 amide bonds. The molecule has 3 aliphatic rings. The van der Waals surface area contributed by atoms with Crippen LogP contribution in [0.3, 0.4) is 0 Å². The summed E-state index contributed by atoms with van der Waals surface area (Å²) in [5, 5.41) is 0. The normalized spacial score (nSPS) is 17.3. The zero-order valence-electron chi connectivity index (χ0n) is 39.0. The van der Waals surface area contributed by atoms with E-state index in [9.17, 15) is 0 Å². The second kappa shape index (κ2) is 15.1. The molecule has 0 bridgehead atoms. The highest BCUT2D eigenvalue weighted by Gasteiger charge is 2.44. The van der Waals surface area contributed by atoms with Crippen LogP contribution in [-0.2, 0) is 16.2 Å². The van der Waals surface area contributed by atoms with Gasteiger partial charge < -0.3 is 4.90 Å². The maximum Gasteiger partial charge on any atom is 0.0500 e. The van der Waals surface area contributed by atoms with Gasteiger partial charge in [-0.3, -0.25) is 0 Å². The van der Waals surface area contributed by atoms with E-state index < -0.39 is 0 Å². The van der Waals surface area contributed by atoms with Gasteiger partial charge in [-0.05, 0) is 163 Å². The summed E-state index contributed by atoms with van der Waals surface area (Å²) in [6, 6.07) is 68.1. The van der Waals surface area contributed by atoms with Gasteiger partial charge in [0.05, 0.1) is 0 Å². The van der Waals surface area contributed by atoms with Crippen molar-refractivity contribution in [2.45, 2.75) is 77.7 Å². The van der Waals surface area contributed by atoms with Gasteiger partial charge in [0.1, 0.15) is 0 Å². The predicted octanol–water partition coefficient (Wildman–Crippen LogP) is 17.1. The Labute approximate surface area is 386 Å². The number of allylic oxidation sites excluding steroid dienone is 3. The molecule has 318 valence electrons. The molecular weight excluding hydrogens is 783 g/mol. The van der Waals surface area contributed by atoms with Crippen LogP contribution in [-0.4, -0.2) is 6.04 Å². The summed E-state index contributed by atoms with van der Waals surface area (Å²) in [5.74, 6) is 0.